The highest BCUT2D eigenvalue weighted by atomic mass is 16.5. The summed E-state index contributed by atoms with van der Waals surface area (Å²) in [5, 5.41) is 30.4. The van der Waals surface area contributed by atoms with Gasteiger partial charge < -0.3 is 24.8 Å². The quantitative estimate of drug-likeness (QED) is 0.425. The fourth-order valence-corrected chi connectivity index (χ4v) is 3.05. The largest absolute Gasteiger partial charge is 0.508 e. The van der Waals surface area contributed by atoms with Gasteiger partial charge in [0.25, 0.3) is 0 Å². The SMILES string of the molecule is CCOC(C)(C)CCc1c(O)cc(OC)c(C(=O)/C=C/c2ccc(O)cc2)c1O. The summed E-state index contributed by atoms with van der Waals surface area (Å²) in [6.07, 6.45) is 3.77. The number of ketones is 1. The Bertz CT molecular complexity index is 881. The van der Waals surface area contributed by atoms with Crippen molar-refractivity contribution in [1.29, 1.82) is 0 Å². The molecular formula is C23H28O6. The van der Waals surface area contributed by atoms with Crippen molar-refractivity contribution in [2.45, 2.75) is 39.2 Å². The zero-order valence-corrected chi connectivity index (χ0v) is 17.2. The number of hydrogen-bond donors (Lipinski definition) is 3. The Morgan fingerprint density at radius 3 is 2.38 bits per heavy atom. The van der Waals surface area contributed by atoms with Gasteiger partial charge in [0.1, 0.15) is 28.6 Å². The van der Waals surface area contributed by atoms with Crippen LogP contribution in [0.3, 0.4) is 0 Å². The molecule has 3 N–H and O–H groups in total. The van der Waals surface area contributed by atoms with Crippen LogP contribution in [0, 0.1) is 0 Å². The number of hydrogen-bond acceptors (Lipinski definition) is 6. The summed E-state index contributed by atoms with van der Waals surface area (Å²) >= 11 is 0. The van der Waals surface area contributed by atoms with Crippen LogP contribution in [-0.4, -0.2) is 40.4 Å². The van der Waals surface area contributed by atoms with Crippen molar-refractivity contribution >= 4 is 11.9 Å². The Labute approximate surface area is 171 Å². The molecule has 0 atom stereocenters. The third kappa shape index (κ3) is 5.74. The second-order valence-electron chi connectivity index (χ2n) is 7.28. The van der Waals surface area contributed by atoms with Crippen molar-refractivity contribution in [2.75, 3.05) is 13.7 Å². The normalized spacial score (nSPS) is 11.7. The predicted octanol–water partition coefficient (Wildman–Crippen LogP) is 4.46. The minimum absolute atomic E-state index is 0.00968. The van der Waals surface area contributed by atoms with Crippen molar-refractivity contribution in [1.82, 2.24) is 0 Å². The van der Waals surface area contributed by atoms with Crippen LogP contribution in [-0.2, 0) is 11.2 Å². The molecule has 0 bridgehead atoms. The first-order valence-corrected chi connectivity index (χ1v) is 9.45. The predicted molar refractivity (Wildman–Crippen MR) is 112 cm³/mol. The molecular weight excluding hydrogens is 372 g/mol. The fraction of sp³-hybridized carbons (Fsp3) is 0.348. The molecule has 0 spiro atoms. The summed E-state index contributed by atoms with van der Waals surface area (Å²) in [5.74, 6) is -0.669. The molecule has 6 heteroatoms. The Morgan fingerprint density at radius 1 is 1.14 bits per heavy atom. The molecule has 6 nitrogen and oxygen atoms in total. The lowest BCUT2D eigenvalue weighted by Gasteiger charge is -2.25. The lowest BCUT2D eigenvalue weighted by molar-refractivity contribution is -0.0159. The van der Waals surface area contributed by atoms with E-state index >= 15 is 0 Å². The van der Waals surface area contributed by atoms with Gasteiger partial charge in [0.2, 0.25) is 0 Å². The zero-order chi connectivity index (χ0) is 21.6. The Balaban J connectivity index is 2.34. The van der Waals surface area contributed by atoms with Gasteiger partial charge in [0.05, 0.1) is 12.7 Å². The summed E-state index contributed by atoms with van der Waals surface area (Å²) in [7, 11) is 1.37. The van der Waals surface area contributed by atoms with Gasteiger partial charge in [0, 0.05) is 18.2 Å². The molecule has 156 valence electrons. The smallest absolute Gasteiger partial charge is 0.193 e. The van der Waals surface area contributed by atoms with Crippen molar-refractivity contribution in [3.8, 4) is 23.0 Å². The number of carbonyl (C=O) groups excluding carboxylic acids is 1. The van der Waals surface area contributed by atoms with Gasteiger partial charge in [0.15, 0.2) is 5.78 Å². The standard InChI is InChI=1S/C23H28O6/c1-5-29-23(2,3)13-12-17-19(26)14-20(28-4)21(22(17)27)18(25)11-8-15-6-9-16(24)10-7-15/h6-11,14,24,26-27H,5,12-13H2,1-4H3/b11-8+. The van der Waals surface area contributed by atoms with E-state index in [2.05, 4.69) is 0 Å². The number of carbonyl (C=O) groups is 1. The maximum absolute atomic E-state index is 12.8. The highest BCUT2D eigenvalue weighted by molar-refractivity contribution is 6.11. The number of ether oxygens (including phenoxy) is 2. The molecule has 0 saturated carbocycles. The number of benzene rings is 2. The van der Waals surface area contributed by atoms with E-state index in [0.29, 0.717) is 25.0 Å². The molecule has 0 aromatic heterocycles. The summed E-state index contributed by atoms with van der Waals surface area (Å²) in [5.41, 5.74) is 0.549. The van der Waals surface area contributed by atoms with E-state index in [1.54, 1.807) is 18.2 Å². The molecule has 2 aromatic carbocycles. The minimum Gasteiger partial charge on any atom is -0.508 e. The van der Waals surface area contributed by atoms with Crippen molar-refractivity contribution in [2.24, 2.45) is 0 Å². The monoisotopic (exact) mass is 400 g/mol. The minimum atomic E-state index is -0.460. The van der Waals surface area contributed by atoms with E-state index in [1.807, 2.05) is 20.8 Å². The topological polar surface area (TPSA) is 96.2 Å². The molecule has 2 rings (SSSR count). The van der Waals surface area contributed by atoms with Crippen LogP contribution in [0.5, 0.6) is 23.0 Å². The lowest BCUT2D eigenvalue weighted by atomic mass is 9.94. The van der Waals surface area contributed by atoms with Crippen LogP contribution in [0.25, 0.3) is 6.08 Å². The highest BCUT2D eigenvalue weighted by Crippen LogP contribution is 2.40. The zero-order valence-electron chi connectivity index (χ0n) is 17.2. The number of rotatable bonds is 9. The molecule has 0 aliphatic rings. The van der Waals surface area contributed by atoms with E-state index in [-0.39, 0.29) is 34.1 Å². The first-order valence-electron chi connectivity index (χ1n) is 9.45. The van der Waals surface area contributed by atoms with Crippen molar-refractivity contribution in [3.05, 3.63) is 53.1 Å². The molecule has 0 saturated heterocycles. The van der Waals surface area contributed by atoms with E-state index in [1.165, 1.54) is 31.4 Å². The van der Waals surface area contributed by atoms with Crippen molar-refractivity contribution in [3.63, 3.8) is 0 Å². The summed E-state index contributed by atoms with van der Waals surface area (Å²) in [6.45, 7) is 6.32. The number of methoxy groups -OCH3 is 1. The van der Waals surface area contributed by atoms with Crippen molar-refractivity contribution < 1.29 is 29.6 Å². The van der Waals surface area contributed by atoms with Gasteiger partial charge in [-0.25, -0.2) is 0 Å². The average Bonchev–Trinajstić information content (AvgIpc) is 2.66. The van der Waals surface area contributed by atoms with Gasteiger partial charge in [-0.3, -0.25) is 4.79 Å². The lowest BCUT2D eigenvalue weighted by Crippen LogP contribution is -2.25. The molecule has 29 heavy (non-hydrogen) atoms. The van der Waals surface area contributed by atoms with Crippen LogP contribution in [0.4, 0.5) is 0 Å². The van der Waals surface area contributed by atoms with Gasteiger partial charge in [-0.1, -0.05) is 18.2 Å². The van der Waals surface area contributed by atoms with Gasteiger partial charge in [-0.15, -0.1) is 0 Å². The van der Waals surface area contributed by atoms with E-state index < -0.39 is 11.4 Å². The van der Waals surface area contributed by atoms with Gasteiger partial charge >= 0.3 is 0 Å². The maximum Gasteiger partial charge on any atom is 0.193 e. The molecule has 0 aliphatic carbocycles. The number of phenolic OH excluding ortho intramolecular Hbond substituents is 3. The van der Waals surface area contributed by atoms with E-state index in [0.717, 1.165) is 0 Å². The molecule has 2 aromatic rings. The molecule has 0 amide bonds. The fourth-order valence-electron chi connectivity index (χ4n) is 3.05. The average molecular weight is 400 g/mol. The van der Waals surface area contributed by atoms with Crippen LogP contribution >= 0.6 is 0 Å². The number of allylic oxidation sites excluding steroid dienone is 1. The number of aromatic hydroxyl groups is 3. The Morgan fingerprint density at radius 2 is 1.79 bits per heavy atom. The number of phenols is 3. The van der Waals surface area contributed by atoms with E-state index in [4.69, 9.17) is 9.47 Å². The van der Waals surface area contributed by atoms with Gasteiger partial charge in [-0.05, 0) is 57.4 Å². The first kappa shape index (κ1) is 22.3. The third-order valence-corrected chi connectivity index (χ3v) is 4.64. The molecule has 0 fully saturated rings. The van der Waals surface area contributed by atoms with Crippen LogP contribution in [0.1, 0.15) is 48.7 Å². The van der Waals surface area contributed by atoms with Gasteiger partial charge in [-0.2, -0.15) is 0 Å². The maximum atomic E-state index is 12.8. The summed E-state index contributed by atoms with van der Waals surface area (Å²) in [4.78, 5) is 12.8. The second-order valence-corrected chi connectivity index (χ2v) is 7.28. The Hall–Kier alpha value is -2.99. The van der Waals surface area contributed by atoms with Crippen LogP contribution in [0.2, 0.25) is 0 Å². The molecule has 0 radical (unpaired) electrons. The van der Waals surface area contributed by atoms with Crippen LogP contribution in [0.15, 0.2) is 36.4 Å². The second kappa shape index (κ2) is 9.47. The summed E-state index contributed by atoms with van der Waals surface area (Å²) < 4.78 is 10.9. The Kier molecular flexibility index (Phi) is 7.29. The summed E-state index contributed by atoms with van der Waals surface area (Å²) in [6, 6.07) is 7.69. The molecule has 0 heterocycles. The van der Waals surface area contributed by atoms with Crippen LogP contribution < -0.4 is 4.74 Å². The molecule has 0 aliphatic heterocycles. The highest BCUT2D eigenvalue weighted by Gasteiger charge is 2.25. The molecule has 0 unspecified atom stereocenters. The first-order chi connectivity index (χ1) is 13.7. The van der Waals surface area contributed by atoms with E-state index in [9.17, 15) is 20.1 Å². The third-order valence-electron chi connectivity index (χ3n) is 4.64.